The Morgan fingerprint density at radius 2 is 1.40 bits per heavy atom. The van der Waals surface area contributed by atoms with E-state index in [9.17, 15) is 0 Å². The third kappa shape index (κ3) is 10.1. The largest absolute Gasteiger partial charge is 0.197 e. The van der Waals surface area contributed by atoms with Gasteiger partial charge in [0.15, 0.2) is 12.1 Å². The lowest BCUT2D eigenvalue weighted by Crippen LogP contribution is -1.26. The predicted octanol–water partition coefficient (Wildman–Crippen LogP) is 1.89. The van der Waals surface area contributed by atoms with Crippen molar-refractivity contribution in [3.63, 3.8) is 0 Å². The molecule has 0 bridgehead atoms. The number of nitrogens with zero attached hydrogens (tertiary/aromatic N) is 2. The van der Waals surface area contributed by atoms with Gasteiger partial charge in [0.2, 0.25) is 0 Å². The van der Waals surface area contributed by atoms with Crippen LogP contribution in [-0.2, 0) is 0 Å². The Hall–Kier alpha value is -0.970. The lowest BCUT2D eigenvalue weighted by Gasteiger charge is -1.39. The van der Waals surface area contributed by atoms with Crippen molar-refractivity contribution in [2.45, 2.75) is 0 Å². The van der Waals surface area contributed by atoms with E-state index >= 15 is 0 Å². The maximum atomic E-state index is 7.26. The van der Waals surface area contributed by atoms with Crippen LogP contribution in [0.25, 0.3) is 0 Å². The fraction of sp³-hybridized carbons (Fsp3) is 0. The molecule has 0 fully saturated rings. The van der Waals surface area contributed by atoms with E-state index in [0.717, 1.165) is 0 Å². The third-order valence-electron chi connectivity index (χ3n) is 0.475. The van der Waals surface area contributed by atoms with Crippen molar-refractivity contribution in [2.75, 3.05) is 0 Å². The molecule has 1 aromatic heterocycles. The van der Waals surface area contributed by atoms with Crippen LogP contribution in [0.15, 0.2) is 22.9 Å². The topological polar surface area (TPSA) is 47.6 Å². The monoisotopic (exact) mass is 170 g/mol. The Balaban J connectivity index is 0. The zero-order valence-electron chi connectivity index (χ0n) is 5.11. The van der Waals surface area contributed by atoms with E-state index in [1.807, 2.05) is 22.9 Å². The molecular formula is C6H6N2S2. The van der Waals surface area contributed by atoms with Gasteiger partial charge in [-0.1, -0.05) is 12.1 Å². The minimum atomic E-state index is 0. The lowest BCUT2D eigenvalue weighted by atomic mass is 10.7. The Morgan fingerprint density at radius 1 is 1.00 bits per heavy atom. The average molecular weight is 170 g/mol. The van der Waals surface area contributed by atoms with E-state index in [1.165, 1.54) is 12.1 Å². The fourth-order valence-electron chi connectivity index (χ4n) is 0.227. The summed E-state index contributed by atoms with van der Waals surface area (Å²) in [5.41, 5.74) is 0. The van der Waals surface area contributed by atoms with Crippen molar-refractivity contribution in [3.05, 3.63) is 22.9 Å². The van der Waals surface area contributed by atoms with Crippen LogP contribution >= 0.6 is 24.8 Å². The molecule has 0 aliphatic heterocycles. The molecule has 0 unspecified atom stereocenters. The van der Waals surface area contributed by atoms with Gasteiger partial charge in [0, 0.05) is 0 Å². The quantitative estimate of drug-likeness (QED) is 0.597. The van der Waals surface area contributed by atoms with Gasteiger partial charge in [-0.25, -0.2) is 0 Å². The Labute approximate surface area is 70.8 Å². The van der Waals surface area contributed by atoms with E-state index in [1.54, 1.807) is 11.3 Å². The molecule has 0 saturated heterocycles. The van der Waals surface area contributed by atoms with Crippen molar-refractivity contribution >= 4 is 24.8 Å². The summed E-state index contributed by atoms with van der Waals surface area (Å²) in [4.78, 5) is 0. The predicted molar refractivity (Wildman–Crippen MR) is 45.9 cm³/mol. The second kappa shape index (κ2) is 10.9. The number of thiophene rings is 1. The second-order valence-electron chi connectivity index (χ2n) is 1.02. The molecule has 0 saturated carbocycles. The normalized spacial score (nSPS) is 5.00. The first kappa shape index (κ1) is 11.8. The third-order valence-corrected chi connectivity index (χ3v) is 1.10. The van der Waals surface area contributed by atoms with Gasteiger partial charge in [-0.2, -0.15) is 35.4 Å². The summed E-state index contributed by atoms with van der Waals surface area (Å²) in [7, 11) is 0. The van der Waals surface area contributed by atoms with Crippen LogP contribution < -0.4 is 0 Å². The molecule has 0 spiro atoms. The van der Waals surface area contributed by atoms with E-state index in [4.69, 9.17) is 10.5 Å². The van der Waals surface area contributed by atoms with E-state index in [2.05, 4.69) is 0 Å². The highest BCUT2D eigenvalue weighted by Crippen LogP contribution is 1.91. The molecule has 0 aromatic carbocycles. The summed E-state index contributed by atoms with van der Waals surface area (Å²) in [6.07, 6.45) is 0. The van der Waals surface area contributed by atoms with E-state index in [0.29, 0.717) is 0 Å². The van der Waals surface area contributed by atoms with Crippen molar-refractivity contribution in [3.8, 4) is 12.1 Å². The molecule has 10 heavy (non-hydrogen) atoms. The van der Waals surface area contributed by atoms with Gasteiger partial charge in [0.1, 0.15) is 0 Å². The zero-order chi connectivity index (χ0) is 6.95. The zero-order valence-corrected chi connectivity index (χ0v) is 6.93. The van der Waals surface area contributed by atoms with Crippen LogP contribution in [0.2, 0.25) is 0 Å². The molecule has 1 aromatic rings. The fourth-order valence-corrected chi connectivity index (χ4v) is 0.680. The first-order valence-electron chi connectivity index (χ1n) is 2.17. The number of rotatable bonds is 0. The van der Waals surface area contributed by atoms with Crippen LogP contribution in [0.3, 0.4) is 0 Å². The minimum Gasteiger partial charge on any atom is -0.197 e. The molecule has 0 N–H and O–H groups in total. The van der Waals surface area contributed by atoms with Crippen molar-refractivity contribution in [1.29, 1.82) is 10.5 Å². The van der Waals surface area contributed by atoms with Crippen molar-refractivity contribution in [1.82, 2.24) is 0 Å². The smallest absolute Gasteiger partial charge is 0.181 e. The maximum Gasteiger partial charge on any atom is 0.181 e. The summed E-state index contributed by atoms with van der Waals surface area (Å²) < 4.78 is 0. The van der Waals surface area contributed by atoms with Crippen LogP contribution in [0.1, 0.15) is 0 Å². The molecule has 0 radical (unpaired) electrons. The van der Waals surface area contributed by atoms with Gasteiger partial charge in [-0.3, -0.25) is 0 Å². The van der Waals surface area contributed by atoms with Crippen molar-refractivity contribution in [2.24, 2.45) is 0 Å². The van der Waals surface area contributed by atoms with Gasteiger partial charge >= 0.3 is 0 Å². The summed E-state index contributed by atoms with van der Waals surface area (Å²) in [6, 6.07) is 6.51. The molecule has 0 atom stereocenters. The molecule has 0 amide bonds. The molecule has 1 heterocycles. The lowest BCUT2D eigenvalue weighted by molar-refractivity contribution is 1.49. The highest BCUT2D eigenvalue weighted by Gasteiger charge is 1.58. The number of hydrogen-bond acceptors (Lipinski definition) is 3. The molecular weight excluding hydrogens is 164 g/mol. The molecule has 2 nitrogen and oxygen atoms in total. The van der Waals surface area contributed by atoms with Crippen LogP contribution in [0.5, 0.6) is 0 Å². The molecule has 0 aliphatic rings. The van der Waals surface area contributed by atoms with Crippen LogP contribution in [0.4, 0.5) is 0 Å². The molecule has 52 valence electrons. The van der Waals surface area contributed by atoms with Gasteiger partial charge in [0.05, 0.1) is 0 Å². The standard InChI is InChI=1S/C4H4S.C2N2.H2S/c1-2-4-5-3-1;3-1-2-4;/h1-4H;;1H2. The number of hydrogen-bond donors (Lipinski definition) is 0. The Morgan fingerprint density at radius 3 is 1.50 bits per heavy atom. The van der Waals surface area contributed by atoms with Gasteiger partial charge in [-0.15, -0.1) is 0 Å². The summed E-state index contributed by atoms with van der Waals surface area (Å²) in [5.74, 6) is 0. The molecule has 1 rings (SSSR count). The highest BCUT2D eigenvalue weighted by atomic mass is 32.1. The highest BCUT2D eigenvalue weighted by molar-refractivity contribution is 7.59. The van der Waals surface area contributed by atoms with E-state index < -0.39 is 0 Å². The maximum absolute atomic E-state index is 7.26. The van der Waals surface area contributed by atoms with Gasteiger partial charge in [0.25, 0.3) is 0 Å². The second-order valence-corrected chi connectivity index (χ2v) is 1.83. The average Bonchev–Trinajstić information content (AvgIpc) is 2.43. The van der Waals surface area contributed by atoms with Crippen LogP contribution in [0, 0.1) is 22.7 Å². The molecule has 4 heteroatoms. The number of nitriles is 2. The minimum absolute atomic E-state index is 0. The van der Waals surface area contributed by atoms with Gasteiger partial charge < -0.3 is 0 Å². The van der Waals surface area contributed by atoms with Gasteiger partial charge in [-0.05, 0) is 10.8 Å². The summed E-state index contributed by atoms with van der Waals surface area (Å²) >= 11 is 1.71. The molecule has 0 aliphatic carbocycles. The first-order valence-corrected chi connectivity index (χ1v) is 3.11. The first-order chi connectivity index (χ1) is 4.41. The summed E-state index contributed by atoms with van der Waals surface area (Å²) in [5, 5.41) is 18.6. The Kier molecular flexibility index (Phi) is 12.9. The SMILES string of the molecule is N#CC#N.S.c1ccsc1. The summed E-state index contributed by atoms with van der Waals surface area (Å²) in [6.45, 7) is 0. The Bertz CT molecular complexity index is 175. The van der Waals surface area contributed by atoms with E-state index in [-0.39, 0.29) is 13.5 Å². The van der Waals surface area contributed by atoms with Crippen molar-refractivity contribution < 1.29 is 0 Å². The van der Waals surface area contributed by atoms with Crippen LogP contribution in [-0.4, -0.2) is 0 Å².